The van der Waals surface area contributed by atoms with Crippen molar-refractivity contribution in [2.45, 2.75) is 71.3 Å². The van der Waals surface area contributed by atoms with Crippen molar-refractivity contribution < 1.29 is 4.79 Å². The van der Waals surface area contributed by atoms with E-state index in [0.29, 0.717) is 12.1 Å². The van der Waals surface area contributed by atoms with E-state index in [9.17, 15) is 9.59 Å². The molecule has 180 valence electrons. The molecule has 0 saturated carbocycles. The van der Waals surface area contributed by atoms with E-state index in [0.717, 1.165) is 50.1 Å². The smallest absolute Gasteiger partial charge is 0.256 e. The van der Waals surface area contributed by atoms with Gasteiger partial charge in [-0.3, -0.25) is 9.59 Å². The molecule has 0 radical (unpaired) electrons. The summed E-state index contributed by atoms with van der Waals surface area (Å²) in [6.45, 7) is 6.13. The van der Waals surface area contributed by atoms with Gasteiger partial charge < -0.3 is 14.4 Å². The number of benzene rings is 1. The Kier molecular flexibility index (Phi) is 10.2. The number of amides is 1. The Morgan fingerprint density at radius 1 is 0.848 bits per heavy atom. The normalized spacial score (nSPS) is 14.5. The van der Waals surface area contributed by atoms with Gasteiger partial charge in [-0.1, -0.05) is 88.6 Å². The average Bonchev–Trinajstić information content (AvgIpc) is 2.84. The second-order valence-electron chi connectivity index (χ2n) is 9.42. The molecule has 0 unspecified atom stereocenters. The highest BCUT2D eigenvalue weighted by Gasteiger charge is 2.24. The van der Waals surface area contributed by atoms with Crippen LogP contribution in [-0.2, 0) is 6.54 Å². The molecule has 1 aliphatic heterocycles. The van der Waals surface area contributed by atoms with E-state index in [1.165, 1.54) is 44.9 Å². The van der Waals surface area contributed by atoms with Crippen LogP contribution in [0, 0.1) is 0 Å². The summed E-state index contributed by atoms with van der Waals surface area (Å²) in [5, 5.41) is 0. The minimum absolute atomic E-state index is 0.0247. The van der Waals surface area contributed by atoms with Gasteiger partial charge >= 0.3 is 0 Å². The fourth-order valence-corrected chi connectivity index (χ4v) is 4.55. The minimum Gasteiger partial charge on any atom is -0.336 e. The van der Waals surface area contributed by atoms with Crippen LogP contribution in [-0.4, -0.2) is 53.5 Å². The van der Waals surface area contributed by atoms with Gasteiger partial charge in [0.15, 0.2) is 0 Å². The van der Waals surface area contributed by atoms with Gasteiger partial charge in [0.25, 0.3) is 11.5 Å². The summed E-state index contributed by atoms with van der Waals surface area (Å²) < 4.78 is 1.75. The van der Waals surface area contributed by atoms with Crippen molar-refractivity contribution in [3.8, 4) is 11.1 Å². The Hall–Kier alpha value is -2.40. The third kappa shape index (κ3) is 7.56. The highest BCUT2D eigenvalue weighted by molar-refractivity contribution is 6.00. The lowest BCUT2D eigenvalue weighted by Gasteiger charge is -2.33. The first-order chi connectivity index (χ1) is 16.1. The van der Waals surface area contributed by atoms with Gasteiger partial charge in [-0.05, 0) is 19.0 Å². The molecule has 1 aromatic heterocycles. The summed E-state index contributed by atoms with van der Waals surface area (Å²) >= 11 is 0. The lowest BCUT2D eigenvalue weighted by Crippen LogP contribution is -2.47. The number of piperazine rings is 1. The summed E-state index contributed by atoms with van der Waals surface area (Å²) in [5.74, 6) is 0.0304. The van der Waals surface area contributed by atoms with E-state index in [2.05, 4.69) is 18.9 Å². The van der Waals surface area contributed by atoms with Crippen molar-refractivity contribution in [2.75, 3.05) is 33.2 Å². The van der Waals surface area contributed by atoms with Gasteiger partial charge in [-0.15, -0.1) is 0 Å². The van der Waals surface area contributed by atoms with Crippen molar-refractivity contribution >= 4 is 5.91 Å². The lowest BCUT2D eigenvalue weighted by atomic mass is 10.00. The van der Waals surface area contributed by atoms with Crippen molar-refractivity contribution in [1.82, 2.24) is 14.4 Å². The number of unbranched alkanes of at least 4 members (excludes halogenated alkanes) is 8. The number of carbonyl (C=O) groups excluding carboxylic acids is 1. The van der Waals surface area contributed by atoms with Crippen LogP contribution >= 0.6 is 0 Å². The van der Waals surface area contributed by atoms with Gasteiger partial charge in [0, 0.05) is 50.6 Å². The van der Waals surface area contributed by atoms with E-state index in [1.807, 2.05) is 41.4 Å². The van der Waals surface area contributed by atoms with E-state index in [-0.39, 0.29) is 11.5 Å². The molecule has 33 heavy (non-hydrogen) atoms. The lowest BCUT2D eigenvalue weighted by molar-refractivity contribution is 0.0664. The number of aromatic nitrogens is 1. The van der Waals surface area contributed by atoms with Crippen LogP contribution in [0.15, 0.2) is 47.4 Å². The van der Waals surface area contributed by atoms with Crippen molar-refractivity contribution in [1.29, 1.82) is 0 Å². The Morgan fingerprint density at radius 2 is 1.45 bits per heavy atom. The molecule has 0 bridgehead atoms. The Morgan fingerprint density at radius 3 is 2.09 bits per heavy atom. The van der Waals surface area contributed by atoms with Crippen molar-refractivity contribution in [3.05, 3.63) is 58.5 Å². The van der Waals surface area contributed by atoms with E-state index in [1.54, 1.807) is 10.6 Å². The molecule has 1 fully saturated rings. The summed E-state index contributed by atoms with van der Waals surface area (Å²) in [6.07, 6.45) is 13.0. The first kappa shape index (κ1) is 25.2. The van der Waals surface area contributed by atoms with Crippen LogP contribution in [0.1, 0.15) is 75.1 Å². The second kappa shape index (κ2) is 13.3. The van der Waals surface area contributed by atoms with Crippen LogP contribution in [0.5, 0.6) is 0 Å². The number of likely N-dealkylation sites (N-methyl/N-ethyl adjacent to an activating group) is 1. The molecule has 1 aromatic carbocycles. The zero-order valence-corrected chi connectivity index (χ0v) is 20.6. The number of hydrogen-bond acceptors (Lipinski definition) is 3. The van der Waals surface area contributed by atoms with Gasteiger partial charge in [-0.2, -0.15) is 0 Å². The Bertz CT molecular complexity index is 914. The molecule has 3 rings (SSSR count). The predicted octanol–water partition coefficient (Wildman–Crippen LogP) is 5.43. The molecular weight excluding hydrogens is 410 g/mol. The zero-order valence-electron chi connectivity index (χ0n) is 20.6. The molecule has 5 heteroatoms. The molecule has 1 aliphatic rings. The molecule has 2 heterocycles. The molecule has 0 atom stereocenters. The third-order valence-corrected chi connectivity index (χ3v) is 6.73. The monoisotopic (exact) mass is 451 g/mol. The van der Waals surface area contributed by atoms with Crippen molar-refractivity contribution in [2.24, 2.45) is 0 Å². The first-order valence-corrected chi connectivity index (χ1v) is 12.9. The van der Waals surface area contributed by atoms with Crippen LogP contribution < -0.4 is 5.56 Å². The van der Waals surface area contributed by atoms with Crippen LogP contribution in [0.25, 0.3) is 11.1 Å². The molecule has 0 N–H and O–H groups in total. The van der Waals surface area contributed by atoms with Gasteiger partial charge in [0.05, 0.1) is 5.56 Å². The Labute approximate surface area is 199 Å². The maximum Gasteiger partial charge on any atom is 0.256 e. The number of rotatable bonds is 12. The largest absolute Gasteiger partial charge is 0.336 e. The fourth-order valence-electron chi connectivity index (χ4n) is 4.55. The number of aryl methyl sites for hydroxylation is 1. The summed E-state index contributed by atoms with van der Waals surface area (Å²) in [6, 6.07) is 11.5. The summed E-state index contributed by atoms with van der Waals surface area (Å²) in [4.78, 5) is 30.6. The molecule has 1 saturated heterocycles. The van der Waals surface area contributed by atoms with Gasteiger partial charge in [0.2, 0.25) is 0 Å². The number of nitrogens with zero attached hydrogens (tertiary/aromatic N) is 3. The SMILES string of the molecule is CCCCCCCCCCCn1cc(C(=O)N2CCN(C)CC2)c(-c2ccccc2)cc1=O. The first-order valence-electron chi connectivity index (χ1n) is 12.9. The van der Waals surface area contributed by atoms with Gasteiger partial charge in [-0.25, -0.2) is 0 Å². The maximum atomic E-state index is 13.5. The number of hydrogen-bond donors (Lipinski definition) is 0. The molecule has 0 aliphatic carbocycles. The Balaban J connectivity index is 1.67. The van der Waals surface area contributed by atoms with E-state index >= 15 is 0 Å². The van der Waals surface area contributed by atoms with E-state index < -0.39 is 0 Å². The van der Waals surface area contributed by atoms with Crippen LogP contribution in [0.4, 0.5) is 0 Å². The summed E-state index contributed by atoms with van der Waals surface area (Å²) in [7, 11) is 2.09. The highest BCUT2D eigenvalue weighted by atomic mass is 16.2. The number of carbonyl (C=O) groups is 1. The minimum atomic E-state index is -0.0247. The summed E-state index contributed by atoms with van der Waals surface area (Å²) in [5.41, 5.74) is 2.28. The topological polar surface area (TPSA) is 45.6 Å². The van der Waals surface area contributed by atoms with Crippen molar-refractivity contribution in [3.63, 3.8) is 0 Å². The standard InChI is InChI=1S/C28H41N3O2/c1-3-4-5-6-7-8-9-10-14-17-31-23-26(28(33)30-20-18-29(2)19-21-30)25(22-27(31)32)24-15-12-11-13-16-24/h11-13,15-16,22-23H,3-10,14,17-21H2,1-2H3. The number of pyridine rings is 1. The molecular formula is C28H41N3O2. The second-order valence-corrected chi connectivity index (χ2v) is 9.42. The molecule has 1 amide bonds. The third-order valence-electron chi connectivity index (χ3n) is 6.73. The van der Waals surface area contributed by atoms with Crippen LogP contribution in [0.2, 0.25) is 0 Å². The molecule has 5 nitrogen and oxygen atoms in total. The fraction of sp³-hybridized carbons (Fsp3) is 0.571. The van der Waals surface area contributed by atoms with Crippen LogP contribution in [0.3, 0.4) is 0 Å². The predicted molar refractivity (Wildman–Crippen MR) is 137 cm³/mol. The average molecular weight is 452 g/mol. The maximum absolute atomic E-state index is 13.5. The van der Waals surface area contributed by atoms with Gasteiger partial charge in [0.1, 0.15) is 0 Å². The molecule has 2 aromatic rings. The zero-order chi connectivity index (χ0) is 23.5. The van der Waals surface area contributed by atoms with E-state index in [4.69, 9.17) is 0 Å². The quantitative estimate of drug-likeness (QED) is 0.404. The highest BCUT2D eigenvalue weighted by Crippen LogP contribution is 2.24. The molecule has 0 spiro atoms.